The van der Waals surface area contributed by atoms with E-state index in [4.69, 9.17) is 9.47 Å². The Morgan fingerprint density at radius 2 is 2.40 bits per heavy atom. The lowest BCUT2D eigenvalue weighted by molar-refractivity contribution is -0.259. The molecule has 3 aliphatic rings. The molecule has 0 bridgehead atoms. The van der Waals surface area contributed by atoms with Gasteiger partial charge in [0.2, 0.25) is 0 Å². The number of rotatable bonds is 0. The molecule has 3 rings (SSSR count). The van der Waals surface area contributed by atoms with Crippen LogP contribution in [0.15, 0.2) is 0 Å². The number of hydrogen-bond donors (Lipinski definition) is 0. The zero-order valence-corrected chi connectivity index (χ0v) is 6.33. The fraction of sp³-hybridized carbons (Fsp3) is 1.00. The van der Waals surface area contributed by atoms with Gasteiger partial charge in [0.05, 0.1) is 23.8 Å². The predicted molar refractivity (Wildman–Crippen MR) is 38.6 cm³/mol. The first-order valence-electron chi connectivity index (χ1n) is 4.04. The summed E-state index contributed by atoms with van der Waals surface area (Å²) in [6.45, 7) is 2.22. The quantitative estimate of drug-likeness (QED) is 0.421. The Kier molecular flexibility index (Phi) is 0.730. The van der Waals surface area contributed by atoms with Gasteiger partial charge in [0, 0.05) is 12.3 Å². The molecule has 2 nitrogen and oxygen atoms in total. The second kappa shape index (κ2) is 1.30. The molecule has 2 heterocycles. The SMILES string of the molecule is BC1OC2(C)CC3OC1C32. The minimum atomic E-state index is 0.201. The van der Waals surface area contributed by atoms with Crippen LogP contribution in [-0.4, -0.2) is 31.7 Å². The van der Waals surface area contributed by atoms with Gasteiger partial charge < -0.3 is 9.47 Å². The van der Waals surface area contributed by atoms with Gasteiger partial charge in [-0.15, -0.1) is 0 Å². The number of hydrogen-bond acceptors (Lipinski definition) is 2. The van der Waals surface area contributed by atoms with Crippen LogP contribution in [0.4, 0.5) is 0 Å². The lowest BCUT2D eigenvalue weighted by atomic mass is 9.62. The average molecular weight is 138 g/mol. The zero-order valence-electron chi connectivity index (χ0n) is 6.33. The lowest BCUT2D eigenvalue weighted by Gasteiger charge is -2.56. The van der Waals surface area contributed by atoms with Crippen LogP contribution in [0.1, 0.15) is 13.3 Å². The van der Waals surface area contributed by atoms with Crippen LogP contribution in [0, 0.1) is 5.92 Å². The van der Waals surface area contributed by atoms with Crippen molar-refractivity contribution >= 4 is 7.85 Å². The third-order valence-corrected chi connectivity index (χ3v) is 3.32. The van der Waals surface area contributed by atoms with E-state index in [9.17, 15) is 0 Å². The smallest absolute Gasteiger partial charge is 0.142 e. The highest BCUT2D eigenvalue weighted by Gasteiger charge is 2.69. The van der Waals surface area contributed by atoms with Gasteiger partial charge in [-0.05, 0) is 6.92 Å². The van der Waals surface area contributed by atoms with E-state index in [2.05, 4.69) is 14.8 Å². The molecule has 0 spiro atoms. The maximum atomic E-state index is 5.78. The predicted octanol–water partition coefficient (Wildman–Crippen LogP) is -0.478. The molecule has 0 amide bonds. The first kappa shape index (κ1) is 5.61. The van der Waals surface area contributed by atoms with E-state index >= 15 is 0 Å². The molecule has 1 saturated carbocycles. The average Bonchev–Trinajstić information content (AvgIpc) is 1.97. The monoisotopic (exact) mass is 138 g/mol. The maximum Gasteiger partial charge on any atom is 0.142 e. The highest BCUT2D eigenvalue weighted by atomic mass is 16.6. The van der Waals surface area contributed by atoms with Crippen molar-refractivity contribution in [2.75, 3.05) is 0 Å². The van der Waals surface area contributed by atoms with Gasteiger partial charge in [-0.1, -0.05) is 0 Å². The molecular weight excluding hydrogens is 127 g/mol. The van der Waals surface area contributed by atoms with Crippen molar-refractivity contribution in [3.8, 4) is 0 Å². The van der Waals surface area contributed by atoms with Crippen LogP contribution in [0.5, 0.6) is 0 Å². The van der Waals surface area contributed by atoms with E-state index in [1.807, 2.05) is 0 Å². The summed E-state index contributed by atoms with van der Waals surface area (Å²) in [5.41, 5.74) is 0.201. The summed E-state index contributed by atoms with van der Waals surface area (Å²) >= 11 is 0. The van der Waals surface area contributed by atoms with Crippen LogP contribution in [-0.2, 0) is 9.47 Å². The fourth-order valence-electron chi connectivity index (χ4n) is 2.80. The van der Waals surface area contributed by atoms with E-state index in [0.29, 0.717) is 18.2 Å². The topological polar surface area (TPSA) is 18.5 Å². The summed E-state index contributed by atoms with van der Waals surface area (Å²) in [4.78, 5) is 0. The van der Waals surface area contributed by atoms with Crippen LogP contribution in [0.25, 0.3) is 0 Å². The largest absolute Gasteiger partial charge is 0.378 e. The van der Waals surface area contributed by atoms with Crippen molar-refractivity contribution in [2.45, 2.75) is 37.2 Å². The molecule has 0 N–H and O–H groups in total. The third kappa shape index (κ3) is 0.381. The van der Waals surface area contributed by atoms with Crippen molar-refractivity contribution < 1.29 is 9.47 Å². The van der Waals surface area contributed by atoms with Crippen LogP contribution < -0.4 is 0 Å². The molecular formula is C7H11BO2. The Bertz CT molecular complexity index is 196. The Labute approximate surface area is 61.3 Å². The van der Waals surface area contributed by atoms with Crippen LogP contribution in [0.2, 0.25) is 0 Å². The summed E-state index contributed by atoms with van der Waals surface area (Å²) in [5.74, 6) is 0.738. The first-order chi connectivity index (χ1) is 4.71. The van der Waals surface area contributed by atoms with E-state index in [-0.39, 0.29) is 5.60 Å². The molecule has 3 heteroatoms. The van der Waals surface area contributed by atoms with Gasteiger partial charge in [0.15, 0.2) is 0 Å². The summed E-state index contributed by atoms with van der Waals surface area (Å²) in [6, 6.07) is 0.341. The Morgan fingerprint density at radius 3 is 2.90 bits per heavy atom. The summed E-state index contributed by atoms with van der Waals surface area (Å²) in [7, 11) is 2.12. The van der Waals surface area contributed by atoms with E-state index in [1.54, 1.807) is 0 Å². The zero-order chi connectivity index (χ0) is 6.93. The van der Waals surface area contributed by atoms with Gasteiger partial charge >= 0.3 is 0 Å². The Morgan fingerprint density at radius 1 is 1.60 bits per heavy atom. The maximum absolute atomic E-state index is 5.78. The summed E-state index contributed by atoms with van der Waals surface area (Å²) in [5, 5.41) is 0. The summed E-state index contributed by atoms with van der Waals surface area (Å²) in [6.07, 6.45) is 2.11. The molecule has 5 unspecified atom stereocenters. The molecule has 2 saturated heterocycles. The van der Waals surface area contributed by atoms with Gasteiger partial charge in [-0.2, -0.15) is 0 Å². The first-order valence-corrected chi connectivity index (χ1v) is 4.04. The second-order valence-electron chi connectivity index (χ2n) is 4.00. The molecule has 0 radical (unpaired) electrons. The standard InChI is InChI=1S/C7H11BO2/c1-7-2-3-4(7)5(9-3)6(8)10-7/h3-6H,2,8H2,1H3. The normalized spacial score (nSPS) is 70.1. The highest BCUT2D eigenvalue weighted by molar-refractivity contribution is 6.11. The van der Waals surface area contributed by atoms with Gasteiger partial charge in [-0.3, -0.25) is 0 Å². The minimum absolute atomic E-state index is 0.201. The number of ether oxygens (including phenoxy) is 2. The molecule has 3 fully saturated rings. The van der Waals surface area contributed by atoms with Crippen molar-refractivity contribution in [3.05, 3.63) is 0 Å². The van der Waals surface area contributed by atoms with Crippen molar-refractivity contribution in [3.63, 3.8) is 0 Å². The Hall–Kier alpha value is -0.0151. The molecule has 10 heavy (non-hydrogen) atoms. The van der Waals surface area contributed by atoms with Crippen molar-refractivity contribution in [1.82, 2.24) is 0 Å². The highest BCUT2D eigenvalue weighted by Crippen LogP contribution is 2.59. The van der Waals surface area contributed by atoms with Crippen molar-refractivity contribution in [1.29, 1.82) is 0 Å². The molecule has 5 atom stereocenters. The van der Waals surface area contributed by atoms with Crippen molar-refractivity contribution in [2.24, 2.45) is 5.92 Å². The minimum Gasteiger partial charge on any atom is -0.378 e. The van der Waals surface area contributed by atoms with E-state index in [0.717, 1.165) is 12.3 Å². The van der Waals surface area contributed by atoms with E-state index in [1.165, 1.54) is 0 Å². The Balaban J connectivity index is 1.97. The molecule has 0 aromatic carbocycles. The van der Waals surface area contributed by atoms with Gasteiger partial charge in [-0.25, -0.2) is 0 Å². The van der Waals surface area contributed by atoms with Crippen LogP contribution >= 0.6 is 0 Å². The molecule has 1 aliphatic carbocycles. The van der Waals surface area contributed by atoms with Gasteiger partial charge in [0.25, 0.3) is 0 Å². The fourth-order valence-corrected chi connectivity index (χ4v) is 2.80. The van der Waals surface area contributed by atoms with E-state index < -0.39 is 0 Å². The molecule has 54 valence electrons. The molecule has 0 aromatic heterocycles. The summed E-state index contributed by atoms with van der Waals surface area (Å²) < 4.78 is 11.4. The van der Waals surface area contributed by atoms with Gasteiger partial charge in [0.1, 0.15) is 7.85 Å². The van der Waals surface area contributed by atoms with Crippen LogP contribution in [0.3, 0.4) is 0 Å². The third-order valence-electron chi connectivity index (χ3n) is 3.32. The molecule has 0 aromatic rings. The second-order valence-corrected chi connectivity index (χ2v) is 4.00. The molecule has 2 aliphatic heterocycles. The lowest BCUT2D eigenvalue weighted by Crippen LogP contribution is -2.66.